The molecule has 0 fully saturated rings. The lowest BCUT2D eigenvalue weighted by Crippen LogP contribution is -2.28. The molecule has 0 unspecified atom stereocenters. The van der Waals surface area contributed by atoms with Gasteiger partial charge in [0.2, 0.25) is 0 Å². The number of rotatable bonds is 5. The number of thiophene rings is 1. The van der Waals surface area contributed by atoms with Gasteiger partial charge in [0.05, 0.1) is 22.3 Å². The second-order valence-electron chi connectivity index (χ2n) is 6.49. The zero-order valence-electron chi connectivity index (χ0n) is 16.0. The minimum absolute atomic E-state index is 0.0100. The average molecular weight is 416 g/mol. The molecule has 0 spiro atoms. The van der Waals surface area contributed by atoms with Gasteiger partial charge in [-0.15, -0.1) is 11.3 Å². The van der Waals surface area contributed by atoms with Gasteiger partial charge in [-0.05, 0) is 50.1 Å². The number of ether oxygens (including phenoxy) is 1. The van der Waals surface area contributed by atoms with Crippen LogP contribution in [0.4, 0.5) is 10.8 Å². The third kappa shape index (κ3) is 3.16. The van der Waals surface area contributed by atoms with Crippen LogP contribution >= 0.6 is 22.7 Å². The molecule has 1 amide bonds. The van der Waals surface area contributed by atoms with Crippen molar-refractivity contribution in [3.8, 4) is 0 Å². The lowest BCUT2D eigenvalue weighted by Gasteiger charge is -2.17. The molecule has 28 heavy (non-hydrogen) atoms. The van der Waals surface area contributed by atoms with E-state index in [0.29, 0.717) is 17.0 Å². The van der Waals surface area contributed by atoms with Gasteiger partial charge < -0.3 is 14.5 Å². The van der Waals surface area contributed by atoms with E-state index in [1.54, 1.807) is 22.3 Å². The van der Waals surface area contributed by atoms with E-state index < -0.39 is 0 Å². The number of carbonyl (C=O) groups is 2. The quantitative estimate of drug-likeness (QED) is 0.585. The molecule has 2 aromatic heterocycles. The van der Waals surface area contributed by atoms with Crippen LogP contribution in [-0.2, 0) is 11.2 Å². The number of hydrogen-bond donors (Lipinski definition) is 0. The minimum Gasteiger partial charge on any atom is -0.465 e. The van der Waals surface area contributed by atoms with Crippen LogP contribution in [0.25, 0.3) is 9.53 Å². The molecule has 0 bridgehead atoms. The highest BCUT2D eigenvalue weighted by Crippen LogP contribution is 2.37. The van der Waals surface area contributed by atoms with Crippen molar-refractivity contribution in [3.63, 3.8) is 0 Å². The van der Waals surface area contributed by atoms with Gasteiger partial charge in [-0.3, -0.25) is 4.79 Å². The third-order valence-electron chi connectivity index (χ3n) is 4.96. The van der Waals surface area contributed by atoms with Crippen molar-refractivity contribution >= 4 is 54.9 Å². The topological polar surface area (TPSA) is 62.7 Å². The van der Waals surface area contributed by atoms with Gasteiger partial charge in [0, 0.05) is 25.3 Å². The molecule has 146 valence electrons. The minimum atomic E-state index is -0.360. The number of thiazole rings is 1. The van der Waals surface area contributed by atoms with Crippen molar-refractivity contribution in [1.82, 2.24) is 4.98 Å². The second-order valence-corrected chi connectivity index (χ2v) is 8.53. The Hall–Kier alpha value is -2.45. The number of anilines is 2. The van der Waals surface area contributed by atoms with E-state index in [0.717, 1.165) is 45.4 Å². The summed E-state index contributed by atoms with van der Waals surface area (Å²) in [4.78, 5) is 35.2. The van der Waals surface area contributed by atoms with Gasteiger partial charge in [0.15, 0.2) is 5.13 Å². The number of aromatic nitrogens is 1. The summed E-state index contributed by atoms with van der Waals surface area (Å²) in [6.45, 7) is 6.68. The molecular weight excluding hydrogens is 394 g/mol. The molecule has 0 aliphatic carbocycles. The molecule has 8 heteroatoms. The number of methoxy groups -OCH3 is 1. The molecule has 0 saturated carbocycles. The van der Waals surface area contributed by atoms with Gasteiger partial charge >= 0.3 is 5.97 Å². The third-order valence-corrected chi connectivity index (χ3v) is 7.17. The molecule has 0 atom stereocenters. The van der Waals surface area contributed by atoms with Crippen molar-refractivity contribution in [1.29, 1.82) is 0 Å². The van der Waals surface area contributed by atoms with Crippen LogP contribution in [0.3, 0.4) is 0 Å². The van der Waals surface area contributed by atoms with Crippen LogP contribution in [0.1, 0.15) is 39.4 Å². The fourth-order valence-corrected chi connectivity index (χ4v) is 5.74. The van der Waals surface area contributed by atoms with Gasteiger partial charge in [-0.1, -0.05) is 11.3 Å². The van der Waals surface area contributed by atoms with E-state index in [-0.39, 0.29) is 11.9 Å². The number of esters is 1. The molecule has 1 aromatic carbocycles. The lowest BCUT2D eigenvalue weighted by molar-refractivity contribution is 0.0600. The van der Waals surface area contributed by atoms with Crippen LogP contribution in [0.5, 0.6) is 0 Å². The Balaban J connectivity index is 1.59. The average Bonchev–Trinajstić information content (AvgIpc) is 3.40. The van der Waals surface area contributed by atoms with Gasteiger partial charge in [0.1, 0.15) is 4.83 Å². The normalized spacial score (nSPS) is 13.0. The Morgan fingerprint density at radius 3 is 2.68 bits per heavy atom. The largest absolute Gasteiger partial charge is 0.465 e. The van der Waals surface area contributed by atoms with Crippen molar-refractivity contribution in [2.75, 3.05) is 36.5 Å². The van der Waals surface area contributed by atoms with Crippen LogP contribution in [0, 0.1) is 0 Å². The molecule has 6 nitrogen and oxygen atoms in total. The lowest BCUT2D eigenvalue weighted by atomic mass is 10.1. The second kappa shape index (κ2) is 7.52. The maximum absolute atomic E-state index is 13.1. The first kappa shape index (κ1) is 18.9. The van der Waals surface area contributed by atoms with Crippen molar-refractivity contribution in [2.24, 2.45) is 0 Å². The van der Waals surface area contributed by atoms with E-state index >= 15 is 0 Å². The molecular formula is C20H21N3O3S2. The first-order valence-corrected chi connectivity index (χ1v) is 10.9. The Labute approximate surface area is 171 Å². The molecule has 4 rings (SSSR count). The van der Waals surface area contributed by atoms with Gasteiger partial charge in [-0.2, -0.15) is 0 Å². The molecule has 1 aliphatic rings. The fourth-order valence-electron chi connectivity index (χ4n) is 3.45. The highest BCUT2D eigenvalue weighted by molar-refractivity contribution is 7.29. The summed E-state index contributed by atoms with van der Waals surface area (Å²) in [5.74, 6) is -0.370. The van der Waals surface area contributed by atoms with Crippen LogP contribution in [0.15, 0.2) is 24.3 Å². The maximum atomic E-state index is 13.1. The number of fused-ring (bicyclic) bond motifs is 2. The van der Waals surface area contributed by atoms with Crippen LogP contribution in [-0.4, -0.2) is 43.6 Å². The Bertz CT molecular complexity index is 1020. The maximum Gasteiger partial charge on any atom is 0.337 e. The van der Waals surface area contributed by atoms with E-state index in [1.807, 2.05) is 18.2 Å². The summed E-state index contributed by atoms with van der Waals surface area (Å²) in [7, 11) is 1.37. The first-order chi connectivity index (χ1) is 13.5. The summed E-state index contributed by atoms with van der Waals surface area (Å²) < 4.78 is 5.83. The number of benzene rings is 1. The summed E-state index contributed by atoms with van der Waals surface area (Å²) in [5.41, 5.74) is 2.38. The first-order valence-electron chi connectivity index (χ1n) is 9.24. The van der Waals surface area contributed by atoms with E-state index in [2.05, 4.69) is 18.7 Å². The molecule has 0 N–H and O–H groups in total. The Morgan fingerprint density at radius 1 is 1.21 bits per heavy atom. The summed E-state index contributed by atoms with van der Waals surface area (Å²) >= 11 is 3.08. The van der Waals surface area contributed by atoms with E-state index in [9.17, 15) is 9.59 Å². The Morgan fingerprint density at radius 2 is 2.00 bits per heavy atom. The number of amides is 1. The van der Waals surface area contributed by atoms with Gasteiger partial charge in [-0.25, -0.2) is 9.78 Å². The molecule has 3 heterocycles. The molecule has 0 radical (unpaired) electrons. The zero-order chi connectivity index (χ0) is 19.8. The van der Waals surface area contributed by atoms with Crippen molar-refractivity contribution in [2.45, 2.75) is 20.3 Å². The summed E-state index contributed by atoms with van der Waals surface area (Å²) in [5, 5.41) is 1.01. The monoisotopic (exact) mass is 415 g/mol. The fraction of sp³-hybridized carbons (Fsp3) is 0.350. The smallest absolute Gasteiger partial charge is 0.337 e. The van der Waals surface area contributed by atoms with Gasteiger partial charge in [0.25, 0.3) is 5.91 Å². The van der Waals surface area contributed by atoms with Crippen molar-refractivity contribution in [3.05, 3.63) is 40.3 Å². The number of nitrogens with zero attached hydrogens (tertiary/aromatic N) is 3. The molecule has 3 aromatic rings. The van der Waals surface area contributed by atoms with E-state index in [4.69, 9.17) is 9.72 Å². The zero-order valence-corrected chi connectivity index (χ0v) is 17.7. The predicted molar refractivity (Wildman–Crippen MR) is 114 cm³/mol. The standard InChI is InChI=1S/C20H21N3O3S2/c1-4-22(5-2)20-21-17-15(28-20)11-16(27-17)18(24)23-9-8-12-10-13(19(25)26-3)6-7-14(12)23/h6-7,10-11H,4-5,8-9H2,1-3H3. The SMILES string of the molecule is CCN(CC)c1nc2sc(C(=O)N3CCc4cc(C(=O)OC)ccc43)cc2s1. The van der Waals surface area contributed by atoms with Crippen LogP contribution in [0.2, 0.25) is 0 Å². The van der Waals surface area contributed by atoms with Crippen molar-refractivity contribution < 1.29 is 14.3 Å². The molecule has 0 saturated heterocycles. The predicted octanol–water partition coefficient (Wildman–Crippen LogP) is 4.19. The summed E-state index contributed by atoms with van der Waals surface area (Å²) in [6, 6.07) is 7.31. The number of hydrogen-bond acceptors (Lipinski definition) is 7. The van der Waals surface area contributed by atoms with Crippen LogP contribution < -0.4 is 9.80 Å². The van der Waals surface area contributed by atoms with E-state index in [1.165, 1.54) is 18.4 Å². The summed E-state index contributed by atoms with van der Waals surface area (Å²) in [6.07, 6.45) is 0.732. The molecule has 1 aliphatic heterocycles. The Kier molecular flexibility index (Phi) is 5.07. The number of carbonyl (C=O) groups excluding carboxylic acids is 2. The highest BCUT2D eigenvalue weighted by Gasteiger charge is 2.28. The highest BCUT2D eigenvalue weighted by atomic mass is 32.1.